The van der Waals surface area contributed by atoms with E-state index in [1.54, 1.807) is 0 Å². The summed E-state index contributed by atoms with van der Waals surface area (Å²) in [6.45, 7) is 10.7. The monoisotopic (exact) mass is 219 g/mol. The number of aliphatic carboxylic acids is 1. The average Bonchev–Trinajstić information content (AvgIpc) is 1.94. The molecule has 0 aromatic carbocycles. The van der Waals surface area contributed by atoms with Gasteiger partial charge in [-0.05, 0) is 20.8 Å². The molecule has 1 N–H and O–H groups in total. The molecule has 0 aliphatic rings. The van der Waals surface area contributed by atoms with E-state index in [1.807, 2.05) is 25.7 Å². The topological polar surface area (TPSA) is 40.5 Å². The number of halogens is 1. The van der Waals surface area contributed by atoms with Gasteiger partial charge in [0.1, 0.15) is 0 Å². The summed E-state index contributed by atoms with van der Waals surface area (Å²) in [4.78, 5) is 12.4. The van der Waals surface area contributed by atoms with Crippen molar-refractivity contribution in [2.24, 2.45) is 0 Å². The van der Waals surface area contributed by atoms with Gasteiger partial charge in [-0.3, -0.25) is 9.69 Å². The van der Waals surface area contributed by atoms with Crippen LogP contribution in [0, 0.1) is 0 Å². The lowest BCUT2D eigenvalue weighted by molar-refractivity contribution is -0.137. The van der Waals surface area contributed by atoms with E-state index in [-0.39, 0.29) is 12.0 Å². The molecule has 0 atom stereocenters. The molecule has 0 bridgehead atoms. The van der Waals surface area contributed by atoms with Gasteiger partial charge in [-0.15, -0.1) is 0 Å². The molecule has 0 fully saturated rings. The summed E-state index contributed by atoms with van der Waals surface area (Å²) in [5.74, 6) is -0.792. The van der Waals surface area contributed by atoms with Crippen molar-refractivity contribution in [2.45, 2.75) is 32.7 Å². The number of hydrogen-bond donors (Lipinski definition) is 1. The van der Waals surface area contributed by atoms with Crippen molar-refractivity contribution in [1.29, 1.82) is 0 Å². The number of nitrogens with zero attached hydrogens (tertiary/aromatic N) is 1. The first-order valence-electron chi connectivity index (χ1n) is 4.53. The van der Waals surface area contributed by atoms with Gasteiger partial charge in [0.05, 0.1) is 6.42 Å². The Labute approximate surface area is 90.4 Å². The summed E-state index contributed by atoms with van der Waals surface area (Å²) in [7, 11) is 0. The van der Waals surface area contributed by atoms with Crippen molar-refractivity contribution in [3.05, 3.63) is 11.6 Å². The summed E-state index contributed by atoms with van der Waals surface area (Å²) in [5, 5.41) is 9.11. The number of hydrogen-bond acceptors (Lipinski definition) is 2. The fraction of sp³-hybridized carbons (Fsp3) is 0.700. The van der Waals surface area contributed by atoms with Gasteiger partial charge < -0.3 is 5.11 Å². The molecule has 0 aliphatic carbocycles. The second-order valence-corrected chi connectivity index (χ2v) is 4.79. The SMILES string of the molecule is C=C(Cl)CN(CCC(=O)O)C(C)(C)C. The highest BCUT2D eigenvalue weighted by atomic mass is 35.5. The summed E-state index contributed by atoms with van der Waals surface area (Å²) in [6, 6.07) is 0. The van der Waals surface area contributed by atoms with Gasteiger partial charge >= 0.3 is 5.97 Å². The maximum atomic E-state index is 10.4. The fourth-order valence-electron chi connectivity index (χ4n) is 1.09. The van der Waals surface area contributed by atoms with E-state index in [1.165, 1.54) is 0 Å². The molecule has 0 spiro atoms. The van der Waals surface area contributed by atoms with Crippen LogP contribution in [0.2, 0.25) is 0 Å². The number of carboxylic acid groups (broad SMARTS) is 1. The molecule has 14 heavy (non-hydrogen) atoms. The molecule has 0 aromatic heterocycles. The Bertz CT molecular complexity index is 221. The Balaban J connectivity index is 4.26. The Kier molecular flexibility index (Phi) is 5.16. The summed E-state index contributed by atoms with van der Waals surface area (Å²) >= 11 is 5.71. The highest BCUT2D eigenvalue weighted by Crippen LogP contribution is 2.16. The van der Waals surface area contributed by atoms with Gasteiger partial charge in [0.2, 0.25) is 0 Å². The van der Waals surface area contributed by atoms with E-state index < -0.39 is 5.97 Å². The van der Waals surface area contributed by atoms with E-state index in [2.05, 4.69) is 6.58 Å². The zero-order valence-electron chi connectivity index (χ0n) is 9.01. The second kappa shape index (κ2) is 5.37. The molecule has 0 rings (SSSR count). The van der Waals surface area contributed by atoms with E-state index >= 15 is 0 Å². The molecular formula is C10H18ClNO2. The zero-order valence-corrected chi connectivity index (χ0v) is 9.76. The van der Waals surface area contributed by atoms with Crippen LogP contribution in [0.5, 0.6) is 0 Å². The third-order valence-electron chi connectivity index (χ3n) is 1.91. The lowest BCUT2D eigenvalue weighted by Crippen LogP contribution is -2.43. The average molecular weight is 220 g/mol. The Morgan fingerprint density at radius 3 is 2.29 bits per heavy atom. The molecule has 3 nitrogen and oxygen atoms in total. The van der Waals surface area contributed by atoms with Crippen LogP contribution >= 0.6 is 11.6 Å². The molecule has 0 aliphatic heterocycles. The van der Waals surface area contributed by atoms with Gasteiger partial charge in [-0.2, -0.15) is 0 Å². The quantitative estimate of drug-likeness (QED) is 0.772. The molecule has 82 valence electrons. The van der Waals surface area contributed by atoms with Gasteiger partial charge in [0.15, 0.2) is 0 Å². The predicted octanol–water partition coefficient (Wildman–Crippen LogP) is 2.31. The van der Waals surface area contributed by atoms with Crippen LogP contribution in [0.3, 0.4) is 0 Å². The molecule has 4 heteroatoms. The third-order valence-corrected chi connectivity index (χ3v) is 2.03. The molecule has 0 radical (unpaired) electrons. The van der Waals surface area contributed by atoms with Crippen LogP contribution in [-0.4, -0.2) is 34.6 Å². The summed E-state index contributed by atoms with van der Waals surface area (Å²) in [5.41, 5.74) is -0.0900. The Hall–Kier alpha value is -0.540. The smallest absolute Gasteiger partial charge is 0.304 e. The number of carbonyl (C=O) groups is 1. The first-order valence-corrected chi connectivity index (χ1v) is 4.91. The second-order valence-electron chi connectivity index (χ2n) is 4.25. The highest BCUT2D eigenvalue weighted by molar-refractivity contribution is 6.29. The Morgan fingerprint density at radius 1 is 1.50 bits per heavy atom. The van der Waals surface area contributed by atoms with Crippen molar-refractivity contribution in [2.75, 3.05) is 13.1 Å². The molecule has 0 heterocycles. The van der Waals surface area contributed by atoms with Crippen LogP contribution in [-0.2, 0) is 4.79 Å². The lowest BCUT2D eigenvalue weighted by Gasteiger charge is -2.35. The molecule has 0 unspecified atom stereocenters. The van der Waals surface area contributed by atoms with Crippen LogP contribution in [0.1, 0.15) is 27.2 Å². The maximum Gasteiger partial charge on any atom is 0.304 e. The first kappa shape index (κ1) is 13.5. The van der Waals surface area contributed by atoms with Crippen molar-refractivity contribution in [1.82, 2.24) is 4.90 Å². The van der Waals surface area contributed by atoms with Crippen LogP contribution in [0.25, 0.3) is 0 Å². The van der Waals surface area contributed by atoms with Crippen molar-refractivity contribution >= 4 is 17.6 Å². The number of rotatable bonds is 5. The molecule has 0 saturated heterocycles. The summed E-state index contributed by atoms with van der Waals surface area (Å²) in [6.07, 6.45) is 0.126. The summed E-state index contributed by atoms with van der Waals surface area (Å²) < 4.78 is 0. The number of carboxylic acids is 1. The van der Waals surface area contributed by atoms with Crippen molar-refractivity contribution in [3.63, 3.8) is 0 Å². The van der Waals surface area contributed by atoms with Crippen LogP contribution in [0.15, 0.2) is 11.6 Å². The zero-order chi connectivity index (χ0) is 11.4. The van der Waals surface area contributed by atoms with Crippen LogP contribution in [0.4, 0.5) is 0 Å². The minimum absolute atomic E-state index is 0.0900. The highest BCUT2D eigenvalue weighted by Gasteiger charge is 2.21. The normalized spacial score (nSPS) is 11.8. The van der Waals surface area contributed by atoms with Gasteiger partial charge in [0.25, 0.3) is 0 Å². The Morgan fingerprint density at radius 2 is 2.00 bits per heavy atom. The largest absolute Gasteiger partial charge is 0.481 e. The molecule has 0 amide bonds. The lowest BCUT2D eigenvalue weighted by atomic mass is 10.1. The van der Waals surface area contributed by atoms with Crippen molar-refractivity contribution < 1.29 is 9.90 Å². The minimum atomic E-state index is -0.792. The first-order chi connectivity index (χ1) is 6.23. The maximum absolute atomic E-state index is 10.4. The van der Waals surface area contributed by atoms with E-state index in [4.69, 9.17) is 16.7 Å². The van der Waals surface area contributed by atoms with E-state index in [0.29, 0.717) is 18.1 Å². The fourth-order valence-corrected chi connectivity index (χ4v) is 1.23. The molecular weight excluding hydrogens is 202 g/mol. The van der Waals surface area contributed by atoms with Crippen molar-refractivity contribution in [3.8, 4) is 0 Å². The molecule has 0 aromatic rings. The minimum Gasteiger partial charge on any atom is -0.481 e. The molecule has 0 saturated carbocycles. The third kappa shape index (κ3) is 6.00. The predicted molar refractivity (Wildman–Crippen MR) is 58.6 cm³/mol. The van der Waals surface area contributed by atoms with Crippen LogP contribution < -0.4 is 0 Å². The standard InChI is InChI=1S/C10H18ClNO2/c1-8(11)7-12(10(2,3)4)6-5-9(13)14/h1,5-7H2,2-4H3,(H,13,14). The van der Waals surface area contributed by atoms with E-state index in [9.17, 15) is 4.79 Å². The van der Waals surface area contributed by atoms with Gasteiger partial charge in [-0.25, -0.2) is 0 Å². The van der Waals surface area contributed by atoms with Gasteiger partial charge in [-0.1, -0.05) is 18.2 Å². The van der Waals surface area contributed by atoms with E-state index in [0.717, 1.165) is 0 Å². The van der Waals surface area contributed by atoms with Gasteiger partial charge in [0, 0.05) is 23.7 Å².